The van der Waals surface area contributed by atoms with Gasteiger partial charge in [0, 0.05) is 18.4 Å². The first-order valence-electron chi connectivity index (χ1n) is 8.62. The van der Waals surface area contributed by atoms with Gasteiger partial charge in [-0.3, -0.25) is 0 Å². The van der Waals surface area contributed by atoms with Crippen LogP contribution in [0, 0.1) is 20.8 Å². The third kappa shape index (κ3) is 4.23. The molecule has 4 nitrogen and oxygen atoms in total. The van der Waals surface area contributed by atoms with Gasteiger partial charge in [0.05, 0.1) is 11.4 Å². The average Bonchev–Trinajstić information content (AvgIpc) is 3.00. The summed E-state index contributed by atoms with van der Waals surface area (Å²) < 4.78 is 30.1. The zero-order chi connectivity index (χ0) is 18.7. The molecule has 5 heteroatoms. The molecule has 0 atom stereocenters. The van der Waals surface area contributed by atoms with Crippen LogP contribution in [-0.2, 0) is 23.1 Å². The Morgan fingerprint density at radius 2 is 1.69 bits per heavy atom. The SMILES string of the molecule is Cc1cccc(Cn2cccc2CNS(=O)(=O)c2ccc(C)cc2C)c1. The molecule has 0 fully saturated rings. The molecule has 0 radical (unpaired) electrons. The highest BCUT2D eigenvalue weighted by Gasteiger charge is 2.17. The second-order valence-electron chi connectivity index (χ2n) is 6.71. The Bertz CT molecular complexity index is 1020. The molecule has 1 heterocycles. The number of nitrogens with zero attached hydrogens (tertiary/aromatic N) is 1. The van der Waals surface area contributed by atoms with Crippen LogP contribution in [0.1, 0.15) is 27.9 Å². The lowest BCUT2D eigenvalue weighted by Crippen LogP contribution is -2.25. The summed E-state index contributed by atoms with van der Waals surface area (Å²) >= 11 is 0. The van der Waals surface area contributed by atoms with E-state index in [0.717, 1.165) is 23.4 Å². The van der Waals surface area contributed by atoms with Gasteiger partial charge < -0.3 is 4.57 Å². The zero-order valence-corrected chi connectivity index (χ0v) is 16.2. The lowest BCUT2D eigenvalue weighted by Gasteiger charge is -2.13. The number of benzene rings is 2. The molecule has 0 aliphatic rings. The third-order valence-electron chi connectivity index (χ3n) is 4.42. The number of sulfonamides is 1. The number of hydrogen-bond acceptors (Lipinski definition) is 2. The van der Waals surface area contributed by atoms with E-state index in [1.54, 1.807) is 6.07 Å². The Hall–Kier alpha value is -2.37. The average molecular weight is 369 g/mol. The molecule has 0 aliphatic heterocycles. The van der Waals surface area contributed by atoms with E-state index in [0.29, 0.717) is 4.90 Å². The zero-order valence-electron chi connectivity index (χ0n) is 15.4. The van der Waals surface area contributed by atoms with Gasteiger partial charge in [-0.1, -0.05) is 47.5 Å². The van der Waals surface area contributed by atoms with Crippen molar-refractivity contribution in [3.8, 4) is 0 Å². The second-order valence-corrected chi connectivity index (χ2v) is 8.45. The number of aryl methyl sites for hydroxylation is 3. The minimum atomic E-state index is -3.54. The van der Waals surface area contributed by atoms with Gasteiger partial charge in [-0.25, -0.2) is 13.1 Å². The molecule has 0 saturated carbocycles. The molecule has 0 aliphatic carbocycles. The van der Waals surface area contributed by atoms with Gasteiger partial charge in [-0.2, -0.15) is 0 Å². The fourth-order valence-electron chi connectivity index (χ4n) is 3.12. The quantitative estimate of drug-likeness (QED) is 0.716. The van der Waals surface area contributed by atoms with Crippen LogP contribution >= 0.6 is 0 Å². The van der Waals surface area contributed by atoms with Crippen LogP contribution in [0.25, 0.3) is 0 Å². The van der Waals surface area contributed by atoms with Crippen molar-refractivity contribution in [2.24, 2.45) is 0 Å². The first kappa shape index (κ1) is 18.4. The molecule has 1 aromatic heterocycles. The van der Waals surface area contributed by atoms with Crippen LogP contribution in [0.5, 0.6) is 0 Å². The van der Waals surface area contributed by atoms with Crippen molar-refractivity contribution in [3.63, 3.8) is 0 Å². The van der Waals surface area contributed by atoms with Gasteiger partial charge in [0.2, 0.25) is 10.0 Å². The van der Waals surface area contributed by atoms with Crippen molar-refractivity contribution in [1.29, 1.82) is 0 Å². The molecule has 3 rings (SSSR count). The summed E-state index contributed by atoms with van der Waals surface area (Å²) in [4.78, 5) is 0.333. The van der Waals surface area contributed by atoms with E-state index in [1.807, 2.05) is 50.4 Å². The van der Waals surface area contributed by atoms with E-state index in [9.17, 15) is 8.42 Å². The molecule has 26 heavy (non-hydrogen) atoms. The van der Waals surface area contributed by atoms with Crippen LogP contribution in [0.4, 0.5) is 0 Å². The highest BCUT2D eigenvalue weighted by atomic mass is 32.2. The maximum Gasteiger partial charge on any atom is 0.241 e. The fourth-order valence-corrected chi connectivity index (χ4v) is 4.34. The molecule has 0 spiro atoms. The topological polar surface area (TPSA) is 51.1 Å². The van der Waals surface area contributed by atoms with E-state index >= 15 is 0 Å². The summed E-state index contributed by atoms with van der Waals surface area (Å²) in [5, 5.41) is 0. The normalized spacial score (nSPS) is 11.7. The second kappa shape index (κ2) is 7.48. The largest absolute Gasteiger partial charge is 0.346 e. The molecule has 2 aromatic carbocycles. The predicted octanol–water partition coefficient (Wildman–Crippen LogP) is 3.94. The number of aromatic nitrogens is 1. The van der Waals surface area contributed by atoms with Gasteiger partial charge in [0.1, 0.15) is 0 Å². The van der Waals surface area contributed by atoms with Crippen molar-refractivity contribution in [2.45, 2.75) is 38.8 Å². The summed E-state index contributed by atoms with van der Waals surface area (Å²) in [5.74, 6) is 0. The van der Waals surface area contributed by atoms with Crippen LogP contribution in [-0.4, -0.2) is 13.0 Å². The van der Waals surface area contributed by atoms with E-state index in [1.165, 1.54) is 11.1 Å². The molecule has 0 unspecified atom stereocenters. The molecule has 3 aromatic rings. The minimum Gasteiger partial charge on any atom is -0.346 e. The first-order chi connectivity index (χ1) is 12.3. The van der Waals surface area contributed by atoms with Crippen molar-refractivity contribution < 1.29 is 8.42 Å². The third-order valence-corrected chi connectivity index (χ3v) is 5.98. The van der Waals surface area contributed by atoms with Crippen LogP contribution in [0.15, 0.2) is 65.7 Å². The maximum absolute atomic E-state index is 12.7. The van der Waals surface area contributed by atoms with E-state index in [-0.39, 0.29) is 6.54 Å². The summed E-state index contributed by atoms with van der Waals surface area (Å²) in [6.07, 6.45) is 1.98. The molecular formula is C21H24N2O2S. The van der Waals surface area contributed by atoms with E-state index in [4.69, 9.17) is 0 Å². The standard InChI is InChI=1S/C21H24N2O2S/c1-16-6-4-7-19(13-16)15-23-11-5-8-20(23)14-22-26(24,25)21-10-9-17(2)12-18(21)3/h4-13,22H,14-15H2,1-3H3. The lowest BCUT2D eigenvalue weighted by molar-refractivity contribution is 0.577. The fraction of sp³-hybridized carbons (Fsp3) is 0.238. The first-order valence-corrected chi connectivity index (χ1v) is 10.1. The summed E-state index contributed by atoms with van der Waals surface area (Å²) in [5.41, 5.74) is 5.15. The van der Waals surface area contributed by atoms with Gasteiger partial charge in [0.15, 0.2) is 0 Å². The summed E-state index contributed by atoms with van der Waals surface area (Å²) in [7, 11) is -3.54. The number of nitrogens with one attached hydrogen (secondary N) is 1. The highest BCUT2D eigenvalue weighted by Crippen LogP contribution is 2.17. The van der Waals surface area contributed by atoms with Gasteiger partial charge in [-0.15, -0.1) is 0 Å². The Morgan fingerprint density at radius 3 is 2.42 bits per heavy atom. The predicted molar refractivity (Wildman–Crippen MR) is 105 cm³/mol. The van der Waals surface area contributed by atoms with E-state index in [2.05, 4.69) is 34.4 Å². The van der Waals surface area contributed by atoms with Crippen molar-refractivity contribution in [3.05, 3.63) is 88.7 Å². The monoisotopic (exact) mass is 368 g/mol. The Labute approximate surface area is 155 Å². The summed E-state index contributed by atoms with van der Waals surface area (Å²) in [6.45, 7) is 6.82. The number of rotatable bonds is 6. The minimum absolute atomic E-state index is 0.258. The highest BCUT2D eigenvalue weighted by molar-refractivity contribution is 7.89. The molecule has 0 amide bonds. The smallest absolute Gasteiger partial charge is 0.241 e. The van der Waals surface area contributed by atoms with Crippen molar-refractivity contribution in [2.75, 3.05) is 0 Å². The van der Waals surface area contributed by atoms with Gasteiger partial charge in [0.25, 0.3) is 0 Å². The Kier molecular flexibility index (Phi) is 5.30. The van der Waals surface area contributed by atoms with Gasteiger partial charge in [-0.05, 0) is 50.1 Å². The van der Waals surface area contributed by atoms with E-state index < -0.39 is 10.0 Å². The molecule has 0 saturated heterocycles. The Balaban J connectivity index is 1.75. The maximum atomic E-state index is 12.7. The molecule has 1 N–H and O–H groups in total. The lowest BCUT2D eigenvalue weighted by atomic mass is 10.1. The molecular weight excluding hydrogens is 344 g/mol. The molecule has 136 valence electrons. The van der Waals surface area contributed by atoms with Crippen LogP contribution < -0.4 is 4.72 Å². The van der Waals surface area contributed by atoms with Crippen LogP contribution in [0.3, 0.4) is 0 Å². The summed E-state index contributed by atoms with van der Waals surface area (Å²) in [6, 6.07) is 17.6. The number of hydrogen-bond donors (Lipinski definition) is 1. The molecule has 0 bridgehead atoms. The van der Waals surface area contributed by atoms with Crippen molar-refractivity contribution in [1.82, 2.24) is 9.29 Å². The van der Waals surface area contributed by atoms with Crippen molar-refractivity contribution >= 4 is 10.0 Å². The van der Waals surface area contributed by atoms with Gasteiger partial charge >= 0.3 is 0 Å². The Morgan fingerprint density at radius 1 is 0.923 bits per heavy atom. The van der Waals surface area contributed by atoms with Crippen LogP contribution in [0.2, 0.25) is 0 Å².